The van der Waals surface area contributed by atoms with E-state index in [0.717, 1.165) is 37.7 Å². The molecular weight excluding hydrogens is 648 g/mol. The van der Waals surface area contributed by atoms with Crippen molar-refractivity contribution in [1.82, 2.24) is 20.0 Å². The number of hydroxylamine groups is 1. The molecular formula is C36H52N4O8S. The Morgan fingerprint density at radius 1 is 0.980 bits per heavy atom. The quantitative estimate of drug-likeness (QED) is 0.274. The summed E-state index contributed by atoms with van der Waals surface area (Å²) >= 11 is 0. The Morgan fingerprint density at radius 2 is 1.65 bits per heavy atom. The van der Waals surface area contributed by atoms with Crippen LogP contribution in [0.4, 0.5) is 4.79 Å². The van der Waals surface area contributed by atoms with E-state index in [1.165, 1.54) is 13.2 Å². The number of nitrogens with one attached hydrogen (secondary N) is 2. The third kappa shape index (κ3) is 10.9. The first-order valence-electron chi connectivity index (χ1n) is 17.2. The highest BCUT2D eigenvalue weighted by Crippen LogP contribution is 2.40. The van der Waals surface area contributed by atoms with Gasteiger partial charge in [0, 0.05) is 39.1 Å². The Bertz CT molecular complexity index is 1520. The molecule has 1 heterocycles. The lowest BCUT2D eigenvalue weighted by atomic mass is 9.76. The topological polar surface area (TPSA) is 144 Å². The van der Waals surface area contributed by atoms with Gasteiger partial charge in [-0.3, -0.25) is 14.4 Å². The van der Waals surface area contributed by atoms with Gasteiger partial charge in [0.05, 0.1) is 24.5 Å². The molecule has 2 N–H and O–H groups in total. The molecule has 0 aromatic heterocycles. The van der Waals surface area contributed by atoms with Crippen LogP contribution in [0.5, 0.6) is 5.75 Å². The van der Waals surface area contributed by atoms with Crippen LogP contribution in [-0.2, 0) is 35.8 Å². The van der Waals surface area contributed by atoms with E-state index in [-0.39, 0.29) is 42.3 Å². The van der Waals surface area contributed by atoms with Crippen LogP contribution in [0.2, 0.25) is 0 Å². The van der Waals surface area contributed by atoms with Gasteiger partial charge in [0.1, 0.15) is 11.4 Å². The highest BCUT2D eigenvalue weighted by atomic mass is 32.2. The number of nitrogens with zero attached hydrogens (tertiary/aromatic N) is 2. The zero-order valence-electron chi connectivity index (χ0n) is 29.4. The SMILES string of the molecule is COc1ccc(S(=O)(=O)NCCC(=O)N2CCC(N(C)C(=O)OC(C)(C)C)CC2)c(C(C(=O)NOCc2ccccc2)C2CCCCC2)c1. The van der Waals surface area contributed by atoms with Crippen LogP contribution >= 0.6 is 0 Å². The molecule has 1 saturated heterocycles. The number of benzene rings is 2. The maximum Gasteiger partial charge on any atom is 0.410 e. The number of carbonyl (C=O) groups excluding carboxylic acids is 3. The molecule has 1 saturated carbocycles. The molecule has 1 unspecified atom stereocenters. The number of methoxy groups -OCH3 is 1. The summed E-state index contributed by atoms with van der Waals surface area (Å²) < 4.78 is 41.2. The monoisotopic (exact) mass is 700 g/mol. The molecule has 0 spiro atoms. The van der Waals surface area contributed by atoms with E-state index >= 15 is 0 Å². The first-order chi connectivity index (χ1) is 23.3. The standard InChI is InChI=1S/C36H52N4O8S/c1-36(2,3)48-35(43)39(4)28-19-22-40(23-20-28)32(41)18-21-37-49(44,45)31-17-16-29(46-5)24-30(31)33(27-14-10-7-11-15-27)34(42)38-47-25-26-12-8-6-9-13-26/h6,8-9,12-13,16-17,24,27-28,33,37H,7,10-11,14-15,18-23,25H2,1-5H3,(H,38,42). The molecule has 2 aromatic carbocycles. The van der Waals surface area contributed by atoms with Gasteiger partial charge in [-0.2, -0.15) is 0 Å². The zero-order valence-corrected chi connectivity index (χ0v) is 30.2. The van der Waals surface area contributed by atoms with Gasteiger partial charge in [0.2, 0.25) is 15.9 Å². The number of hydrogen-bond donors (Lipinski definition) is 2. The number of rotatable bonds is 13. The molecule has 0 bridgehead atoms. The van der Waals surface area contributed by atoms with E-state index in [4.69, 9.17) is 14.3 Å². The number of piperidine rings is 1. The Morgan fingerprint density at radius 3 is 2.29 bits per heavy atom. The molecule has 2 fully saturated rings. The smallest absolute Gasteiger partial charge is 0.410 e. The highest BCUT2D eigenvalue weighted by molar-refractivity contribution is 7.89. The normalized spacial score (nSPS) is 16.9. The maximum atomic E-state index is 13.8. The van der Waals surface area contributed by atoms with Crippen LogP contribution in [0, 0.1) is 5.92 Å². The summed E-state index contributed by atoms with van der Waals surface area (Å²) in [6, 6.07) is 14.0. The molecule has 0 radical (unpaired) electrons. The number of likely N-dealkylation sites (tertiary alicyclic amines) is 1. The molecule has 3 amide bonds. The summed E-state index contributed by atoms with van der Waals surface area (Å²) in [6.45, 7) is 6.43. The van der Waals surface area contributed by atoms with Crippen molar-refractivity contribution in [3.05, 3.63) is 59.7 Å². The fourth-order valence-electron chi connectivity index (χ4n) is 6.56. The van der Waals surface area contributed by atoms with E-state index < -0.39 is 33.5 Å². The van der Waals surface area contributed by atoms with E-state index in [1.54, 1.807) is 29.0 Å². The van der Waals surface area contributed by atoms with Gasteiger partial charge in [0.15, 0.2) is 0 Å². The molecule has 2 aromatic rings. The molecule has 1 aliphatic heterocycles. The third-order valence-corrected chi connectivity index (χ3v) is 10.7. The Labute approximate surface area is 290 Å². The van der Waals surface area contributed by atoms with Crippen LogP contribution in [0.15, 0.2) is 53.4 Å². The zero-order chi connectivity index (χ0) is 35.6. The first-order valence-corrected chi connectivity index (χ1v) is 18.6. The van der Waals surface area contributed by atoms with Crippen molar-refractivity contribution in [2.75, 3.05) is 33.8 Å². The second-order valence-corrected chi connectivity index (χ2v) is 15.6. The minimum absolute atomic E-state index is 0.0273. The van der Waals surface area contributed by atoms with Crippen molar-refractivity contribution in [2.24, 2.45) is 5.92 Å². The minimum Gasteiger partial charge on any atom is -0.497 e. The van der Waals surface area contributed by atoms with Crippen molar-refractivity contribution >= 4 is 27.9 Å². The molecule has 270 valence electrons. The van der Waals surface area contributed by atoms with Gasteiger partial charge in [-0.1, -0.05) is 49.6 Å². The van der Waals surface area contributed by atoms with Crippen molar-refractivity contribution in [1.29, 1.82) is 0 Å². The molecule has 12 nitrogen and oxygen atoms in total. The second kappa shape index (κ2) is 17.3. The lowest BCUT2D eigenvalue weighted by molar-refractivity contribution is -0.138. The lowest BCUT2D eigenvalue weighted by Crippen LogP contribution is -2.48. The molecule has 4 rings (SSSR count). The van der Waals surface area contributed by atoms with Crippen LogP contribution in [0.1, 0.15) is 89.2 Å². The molecule has 1 atom stereocenters. The molecule has 2 aliphatic rings. The van der Waals surface area contributed by atoms with Crippen molar-refractivity contribution in [3.63, 3.8) is 0 Å². The summed E-state index contributed by atoms with van der Waals surface area (Å²) in [5.74, 6) is -1.04. The summed E-state index contributed by atoms with van der Waals surface area (Å²) in [4.78, 5) is 48.2. The van der Waals surface area contributed by atoms with Crippen molar-refractivity contribution in [2.45, 2.75) is 101 Å². The summed E-state index contributed by atoms with van der Waals surface area (Å²) in [7, 11) is -0.922. The van der Waals surface area contributed by atoms with Gasteiger partial charge in [0.25, 0.3) is 5.91 Å². The van der Waals surface area contributed by atoms with Gasteiger partial charge >= 0.3 is 6.09 Å². The number of carbonyl (C=O) groups is 3. The van der Waals surface area contributed by atoms with Crippen molar-refractivity contribution in [3.8, 4) is 5.75 Å². The van der Waals surface area contributed by atoms with E-state index in [0.29, 0.717) is 37.2 Å². The van der Waals surface area contributed by atoms with Crippen molar-refractivity contribution < 1.29 is 37.1 Å². The van der Waals surface area contributed by atoms with Crippen LogP contribution < -0.4 is 14.9 Å². The predicted molar refractivity (Wildman–Crippen MR) is 185 cm³/mol. The highest BCUT2D eigenvalue weighted by Gasteiger charge is 2.36. The summed E-state index contributed by atoms with van der Waals surface area (Å²) in [6.07, 6.45) is 5.28. The fourth-order valence-corrected chi connectivity index (χ4v) is 7.83. The van der Waals surface area contributed by atoms with Gasteiger partial charge < -0.3 is 19.3 Å². The van der Waals surface area contributed by atoms with E-state index in [9.17, 15) is 22.8 Å². The Hall–Kier alpha value is -3.68. The van der Waals surface area contributed by atoms with E-state index in [1.807, 2.05) is 51.1 Å². The predicted octanol–water partition coefficient (Wildman–Crippen LogP) is 5.13. The first kappa shape index (κ1) is 38.1. The number of ether oxygens (including phenoxy) is 2. The Kier molecular flexibility index (Phi) is 13.5. The number of amides is 3. The summed E-state index contributed by atoms with van der Waals surface area (Å²) in [5, 5.41) is 0. The third-order valence-electron chi connectivity index (χ3n) is 9.18. The maximum absolute atomic E-state index is 13.8. The minimum atomic E-state index is -4.12. The van der Waals surface area contributed by atoms with Crippen LogP contribution in [0.3, 0.4) is 0 Å². The lowest BCUT2D eigenvalue weighted by Gasteiger charge is -2.37. The average molecular weight is 701 g/mol. The Balaban J connectivity index is 1.41. The van der Waals surface area contributed by atoms with Gasteiger partial charge in [-0.05, 0) is 81.7 Å². The van der Waals surface area contributed by atoms with Crippen LogP contribution in [0.25, 0.3) is 0 Å². The molecule has 1 aliphatic carbocycles. The summed E-state index contributed by atoms with van der Waals surface area (Å²) in [5.41, 5.74) is 3.22. The van der Waals surface area contributed by atoms with E-state index in [2.05, 4.69) is 10.2 Å². The average Bonchev–Trinajstić information content (AvgIpc) is 3.08. The fraction of sp³-hybridized carbons (Fsp3) is 0.583. The largest absolute Gasteiger partial charge is 0.497 e. The molecule has 49 heavy (non-hydrogen) atoms. The van der Waals surface area contributed by atoms with Crippen LogP contribution in [-0.4, -0.2) is 81.6 Å². The van der Waals surface area contributed by atoms with Gasteiger partial charge in [-0.25, -0.2) is 23.4 Å². The second-order valence-electron chi connectivity index (χ2n) is 13.9. The van der Waals surface area contributed by atoms with Gasteiger partial charge in [-0.15, -0.1) is 0 Å². The molecule has 13 heteroatoms. The number of sulfonamides is 1. The number of hydrogen-bond acceptors (Lipinski definition) is 8.